The second kappa shape index (κ2) is 4.45. The zero-order valence-electron chi connectivity index (χ0n) is 9.73. The number of benzene rings is 1. The van der Waals surface area contributed by atoms with E-state index in [1.807, 2.05) is 6.92 Å². The van der Waals surface area contributed by atoms with Crippen molar-refractivity contribution in [3.63, 3.8) is 0 Å². The van der Waals surface area contributed by atoms with Gasteiger partial charge >= 0.3 is 5.97 Å². The molecule has 5 heteroatoms. The Kier molecular flexibility index (Phi) is 2.99. The number of amides is 1. The van der Waals surface area contributed by atoms with Crippen LogP contribution in [0.15, 0.2) is 18.2 Å². The zero-order chi connectivity index (χ0) is 12.4. The lowest BCUT2D eigenvalue weighted by Crippen LogP contribution is -2.38. The Balaban J connectivity index is 2.45. The van der Waals surface area contributed by atoms with Gasteiger partial charge in [-0.3, -0.25) is 4.79 Å². The van der Waals surface area contributed by atoms with Gasteiger partial charge in [0.15, 0.2) is 6.61 Å². The van der Waals surface area contributed by atoms with Crippen LogP contribution in [0, 0.1) is 0 Å². The Morgan fingerprint density at radius 2 is 2.29 bits per heavy atom. The summed E-state index contributed by atoms with van der Waals surface area (Å²) < 4.78 is 9.93. The van der Waals surface area contributed by atoms with Crippen LogP contribution >= 0.6 is 0 Å². The van der Waals surface area contributed by atoms with Gasteiger partial charge in [0, 0.05) is 6.54 Å². The molecule has 1 aliphatic rings. The number of methoxy groups -OCH3 is 1. The predicted octanol–water partition coefficient (Wildman–Crippen LogP) is 1.22. The fraction of sp³-hybridized carbons (Fsp3) is 0.333. The highest BCUT2D eigenvalue weighted by Crippen LogP contribution is 2.32. The number of carbonyl (C=O) groups is 2. The third-order valence-electron chi connectivity index (χ3n) is 2.64. The number of carbonyl (C=O) groups excluding carboxylic acids is 2. The van der Waals surface area contributed by atoms with Gasteiger partial charge in [0.2, 0.25) is 0 Å². The third-order valence-corrected chi connectivity index (χ3v) is 2.64. The molecule has 0 radical (unpaired) electrons. The molecular formula is C12H13NO4. The highest BCUT2D eigenvalue weighted by Gasteiger charge is 2.25. The minimum atomic E-state index is -0.429. The van der Waals surface area contributed by atoms with E-state index in [4.69, 9.17) is 4.74 Å². The van der Waals surface area contributed by atoms with E-state index in [0.29, 0.717) is 23.5 Å². The van der Waals surface area contributed by atoms with E-state index in [0.717, 1.165) is 0 Å². The lowest BCUT2D eigenvalue weighted by molar-refractivity contribution is -0.121. The number of ether oxygens (including phenoxy) is 2. The van der Waals surface area contributed by atoms with Crippen molar-refractivity contribution >= 4 is 17.6 Å². The lowest BCUT2D eigenvalue weighted by Gasteiger charge is -2.28. The van der Waals surface area contributed by atoms with E-state index in [1.165, 1.54) is 7.11 Å². The number of anilines is 1. The fourth-order valence-corrected chi connectivity index (χ4v) is 1.79. The summed E-state index contributed by atoms with van der Waals surface area (Å²) in [6.45, 7) is 2.45. The summed E-state index contributed by atoms with van der Waals surface area (Å²) in [4.78, 5) is 24.6. The quantitative estimate of drug-likeness (QED) is 0.723. The van der Waals surface area contributed by atoms with Gasteiger partial charge in [0.25, 0.3) is 5.91 Å². The molecule has 1 amide bonds. The number of hydrogen-bond acceptors (Lipinski definition) is 4. The molecule has 0 saturated heterocycles. The summed E-state index contributed by atoms with van der Waals surface area (Å²) in [7, 11) is 1.32. The minimum Gasteiger partial charge on any atom is -0.482 e. The molecule has 0 saturated carbocycles. The number of likely N-dealkylation sites (N-methyl/N-ethyl adjacent to an activating group) is 1. The molecule has 0 fully saturated rings. The number of fused-ring (bicyclic) bond motifs is 1. The summed E-state index contributed by atoms with van der Waals surface area (Å²) in [5.41, 5.74) is 1.02. The first-order chi connectivity index (χ1) is 8.17. The van der Waals surface area contributed by atoms with Crippen LogP contribution in [0.5, 0.6) is 5.75 Å². The van der Waals surface area contributed by atoms with Gasteiger partial charge < -0.3 is 14.4 Å². The van der Waals surface area contributed by atoms with Crippen LogP contribution in [-0.4, -0.2) is 32.1 Å². The average molecular weight is 235 g/mol. The maximum absolute atomic E-state index is 11.6. The molecule has 0 N–H and O–H groups in total. The number of rotatable bonds is 2. The molecule has 0 aromatic heterocycles. The maximum atomic E-state index is 11.6. The van der Waals surface area contributed by atoms with Crippen molar-refractivity contribution in [3.8, 4) is 5.75 Å². The van der Waals surface area contributed by atoms with Gasteiger partial charge in [-0.15, -0.1) is 0 Å². The molecule has 0 bridgehead atoms. The van der Waals surface area contributed by atoms with Crippen molar-refractivity contribution in [2.24, 2.45) is 0 Å². The van der Waals surface area contributed by atoms with E-state index in [-0.39, 0.29) is 12.5 Å². The monoisotopic (exact) mass is 235 g/mol. The topological polar surface area (TPSA) is 55.8 Å². The summed E-state index contributed by atoms with van der Waals surface area (Å²) in [6, 6.07) is 4.91. The summed E-state index contributed by atoms with van der Waals surface area (Å²) in [5.74, 6) is 0.0722. The first-order valence-corrected chi connectivity index (χ1v) is 5.33. The van der Waals surface area contributed by atoms with Crippen LogP contribution in [0.2, 0.25) is 0 Å². The normalized spacial score (nSPS) is 14.0. The van der Waals surface area contributed by atoms with Gasteiger partial charge in [-0.05, 0) is 25.1 Å². The predicted molar refractivity (Wildman–Crippen MR) is 61.3 cm³/mol. The summed E-state index contributed by atoms with van der Waals surface area (Å²) >= 11 is 0. The van der Waals surface area contributed by atoms with E-state index < -0.39 is 5.97 Å². The first-order valence-electron chi connectivity index (χ1n) is 5.33. The largest absolute Gasteiger partial charge is 0.482 e. The minimum absolute atomic E-state index is 0.0401. The number of hydrogen-bond donors (Lipinski definition) is 0. The molecule has 90 valence electrons. The molecule has 0 spiro atoms. The van der Waals surface area contributed by atoms with Gasteiger partial charge in [0.05, 0.1) is 18.4 Å². The van der Waals surface area contributed by atoms with E-state index >= 15 is 0 Å². The number of esters is 1. The summed E-state index contributed by atoms with van der Waals surface area (Å²) in [5, 5.41) is 0. The van der Waals surface area contributed by atoms with E-state index in [2.05, 4.69) is 4.74 Å². The average Bonchev–Trinajstić information content (AvgIpc) is 2.37. The zero-order valence-corrected chi connectivity index (χ0v) is 9.73. The van der Waals surface area contributed by atoms with Crippen LogP contribution in [0.25, 0.3) is 0 Å². The molecule has 0 unspecified atom stereocenters. The Morgan fingerprint density at radius 1 is 1.53 bits per heavy atom. The smallest absolute Gasteiger partial charge is 0.337 e. The number of nitrogens with zero attached hydrogens (tertiary/aromatic N) is 1. The SMILES string of the molecule is CCN1C(=O)COc2ccc(C(=O)OC)cc21. The highest BCUT2D eigenvalue weighted by atomic mass is 16.5. The van der Waals surface area contributed by atoms with Crippen LogP contribution in [0.4, 0.5) is 5.69 Å². The van der Waals surface area contributed by atoms with Crippen LogP contribution in [0.3, 0.4) is 0 Å². The van der Waals surface area contributed by atoms with Crippen molar-refractivity contribution in [2.75, 3.05) is 25.2 Å². The molecule has 1 heterocycles. The van der Waals surface area contributed by atoms with Gasteiger partial charge in [-0.25, -0.2) is 4.79 Å². The van der Waals surface area contributed by atoms with Gasteiger partial charge in [-0.2, -0.15) is 0 Å². The lowest BCUT2D eigenvalue weighted by atomic mass is 10.1. The molecule has 17 heavy (non-hydrogen) atoms. The molecule has 1 aromatic carbocycles. The Labute approximate surface area is 98.9 Å². The van der Waals surface area contributed by atoms with Crippen molar-refractivity contribution in [1.82, 2.24) is 0 Å². The van der Waals surface area contributed by atoms with E-state index in [1.54, 1.807) is 23.1 Å². The van der Waals surface area contributed by atoms with Crippen molar-refractivity contribution in [2.45, 2.75) is 6.92 Å². The molecule has 1 aromatic rings. The van der Waals surface area contributed by atoms with E-state index in [9.17, 15) is 9.59 Å². The molecule has 5 nitrogen and oxygen atoms in total. The van der Waals surface area contributed by atoms with Gasteiger partial charge in [0.1, 0.15) is 5.75 Å². The Morgan fingerprint density at radius 3 is 2.94 bits per heavy atom. The van der Waals surface area contributed by atoms with Gasteiger partial charge in [-0.1, -0.05) is 0 Å². The molecule has 2 rings (SSSR count). The maximum Gasteiger partial charge on any atom is 0.337 e. The molecule has 0 atom stereocenters. The highest BCUT2D eigenvalue weighted by molar-refractivity contribution is 6.00. The molecule has 1 aliphatic heterocycles. The molecular weight excluding hydrogens is 222 g/mol. The second-order valence-electron chi connectivity index (χ2n) is 3.60. The van der Waals surface area contributed by atoms with Crippen molar-refractivity contribution < 1.29 is 19.1 Å². The Hall–Kier alpha value is -2.04. The van der Waals surface area contributed by atoms with Crippen LogP contribution in [0.1, 0.15) is 17.3 Å². The summed E-state index contributed by atoms with van der Waals surface area (Å²) in [6.07, 6.45) is 0. The standard InChI is InChI=1S/C12H13NO4/c1-3-13-9-6-8(12(15)16-2)4-5-10(9)17-7-11(13)14/h4-6H,3,7H2,1-2H3. The second-order valence-corrected chi connectivity index (χ2v) is 3.60. The van der Waals surface area contributed by atoms with Crippen LogP contribution < -0.4 is 9.64 Å². The Bertz CT molecular complexity index is 470. The first kappa shape index (κ1) is 11.4. The van der Waals surface area contributed by atoms with Crippen LogP contribution in [-0.2, 0) is 9.53 Å². The van der Waals surface area contributed by atoms with Crippen molar-refractivity contribution in [3.05, 3.63) is 23.8 Å². The molecule has 0 aliphatic carbocycles. The fourth-order valence-electron chi connectivity index (χ4n) is 1.79. The third kappa shape index (κ3) is 1.95. The van der Waals surface area contributed by atoms with Crippen molar-refractivity contribution in [1.29, 1.82) is 0 Å².